The van der Waals surface area contributed by atoms with E-state index in [9.17, 15) is 14.9 Å². The van der Waals surface area contributed by atoms with Crippen molar-refractivity contribution in [1.29, 1.82) is 0 Å². The first-order chi connectivity index (χ1) is 15.7. The van der Waals surface area contributed by atoms with Crippen molar-refractivity contribution >= 4 is 29.2 Å². The highest BCUT2D eigenvalue weighted by molar-refractivity contribution is 7.99. The quantitative estimate of drug-likeness (QED) is 0.438. The molecule has 10 heteroatoms. The van der Waals surface area contributed by atoms with Crippen LogP contribution < -0.4 is 5.32 Å². The van der Waals surface area contributed by atoms with Crippen molar-refractivity contribution in [2.24, 2.45) is 5.41 Å². The van der Waals surface area contributed by atoms with Crippen molar-refractivity contribution in [1.82, 2.24) is 20.2 Å². The van der Waals surface area contributed by atoms with Gasteiger partial charge in [-0.2, -0.15) is 4.68 Å². The maximum absolute atomic E-state index is 13.2. The topological polar surface area (TPSA) is 116 Å². The fourth-order valence-electron chi connectivity index (χ4n) is 4.45. The predicted molar refractivity (Wildman–Crippen MR) is 123 cm³/mol. The lowest BCUT2D eigenvalue weighted by Gasteiger charge is -2.37. The van der Waals surface area contributed by atoms with Gasteiger partial charge in [0.15, 0.2) is 5.78 Å². The zero-order valence-corrected chi connectivity index (χ0v) is 19.2. The Bertz CT molecular complexity index is 1310. The second-order valence-corrected chi connectivity index (χ2v) is 10.3. The third-order valence-electron chi connectivity index (χ3n) is 5.94. The lowest BCUT2D eigenvalue weighted by molar-refractivity contribution is -0.387. The number of tetrazole rings is 1. The highest BCUT2D eigenvalue weighted by atomic mass is 32.2. The normalized spacial score (nSPS) is 19.0. The minimum Gasteiger partial charge on any atom is -0.326 e. The molecule has 3 aromatic rings. The molecule has 1 unspecified atom stereocenters. The predicted octanol–water partition coefficient (Wildman–Crippen LogP) is 4.70. The van der Waals surface area contributed by atoms with E-state index in [4.69, 9.17) is 0 Å². The first kappa shape index (κ1) is 21.3. The average molecular weight is 463 g/mol. The Balaban J connectivity index is 1.60. The number of carbonyl (C=O) groups is 1. The summed E-state index contributed by atoms with van der Waals surface area (Å²) in [4.78, 5) is 26.2. The Kier molecular flexibility index (Phi) is 5.04. The Morgan fingerprint density at radius 1 is 1.18 bits per heavy atom. The number of ketones is 1. The number of nitrogens with zero attached hydrogens (tertiary/aromatic N) is 5. The van der Waals surface area contributed by atoms with Crippen molar-refractivity contribution in [2.45, 2.75) is 49.4 Å². The summed E-state index contributed by atoms with van der Waals surface area (Å²) >= 11 is 1.34. The SMILES string of the molecule is Cc1ccc(Sc2ccc(C3C4=C(CC(C)(C)CC4=O)Nc4nnnn43)cc2[N+](=O)[O-])cc1. The van der Waals surface area contributed by atoms with Gasteiger partial charge in [0.05, 0.1) is 9.82 Å². The van der Waals surface area contributed by atoms with Crippen molar-refractivity contribution in [3.63, 3.8) is 0 Å². The molecule has 1 aromatic heterocycles. The summed E-state index contributed by atoms with van der Waals surface area (Å²) in [7, 11) is 0. The molecule has 2 aromatic carbocycles. The van der Waals surface area contributed by atoms with Crippen LogP contribution in [-0.4, -0.2) is 30.9 Å². The Morgan fingerprint density at radius 3 is 2.67 bits per heavy atom. The molecule has 1 aliphatic carbocycles. The molecule has 2 aliphatic rings. The van der Waals surface area contributed by atoms with Crippen LogP contribution in [0.15, 0.2) is 63.5 Å². The summed E-state index contributed by atoms with van der Waals surface area (Å²) in [5.41, 5.74) is 2.87. The number of rotatable bonds is 4. The summed E-state index contributed by atoms with van der Waals surface area (Å²) in [5, 5.41) is 27.1. The van der Waals surface area contributed by atoms with E-state index in [2.05, 4.69) is 20.8 Å². The van der Waals surface area contributed by atoms with Crippen LogP contribution in [0.2, 0.25) is 0 Å². The number of allylic oxidation sites excluding steroid dienone is 2. The molecular weight excluding hydrogens is 440 g/mol. The number of anilines is 1. The van der Waals surface area contributed by atoms with E-state index in [0.29, 0.717) is 34.8 Å². The summed E-state index contributed by atoms with van der Waals surface area (Å²) < 4.78 is 1.53. The number of nitrogens with one attached hydrogen (secondary N) is 1. The van der Waals surface area contributed by atoms with Crippen molar-refractivity contribution < 1.29 is 9.72 Å². The molecule has 0 amide bonds. The maximum atomic E-state index is 13.2. The van der Waals surface area contributed by atoms with Crippen LogP contribution >= 0.6 is 11.8 Å². The second-order valence-electron chi connectivity index (χ2n) is 9.21. The molecule has 0 bridgehead atoms. The summed E-state index contributed by atoms with van der Waals surface area (Å²) in [6, 6.07) is 12.3. The molecule has 33 heavy (non-hydrogen) atoms. The minimum atomic E-state index is -0.619. The van der Waals surface area contributed by atoms with Gasteiger partial charge in [0.1, 0.15) is 6.04 Å². The molecular formula is C23H22N6O3S. The number of hydrogen-bond acceptors (Lipinski definition) is 8. The molecule has 5 rings (SSSR count). The molecule has 0 fully saturated rings. The maximum Gasteiger partial charge on any atom is 0.283 e. The van der Waals surface area contributed by atoms with Gasteiger partial charge in [-0.05, 0) is 52.9 Å². The van der Waals surface area contributed by atoms with Gasteiger partial charge in [-0.15, -0.1) is 0 Å². The summed E-state index contributed by atoms with van der Waals surface area (Å²) in [6.07, 6.45) is 1.06. The average Bonchev–Trinajstić information content (AvgIpc) is 3.21. The van der Waals surface area contributed by atoms with E-state index in [-0.39, 0.29) is 21.8 Å². The molecule has 0 saturated heterocycles. The van der Waals surface area contributed by atoms with E-state index < -0.39 is 6.04 Å². The standard InChI is InChI=1S/C23H22N6O3S/c1-13-4-7-15(8-5-13)33-19-9-6-14(10-17(19)29(31)32)21-20-16(11-23(2,3)12-18(20)30)24-22-25-26-27-28(21)22/h4-10,21H,11-12H2,1-3H3,(H,24,25,27). The van der Waals surface area contributed by atoms with Crippen LogP contribution in [0.4, 0.5) is 11.6 Å². The smallest absolute Gasteiger partial charge is 0.283 e. The van der Waals surface area contributed by atoms with Gasteiger partial charge in [0.25, 0.3) is 5.69 Å². The van der Waals surface area contributed by atoms with E-state index in [1.807, 2.05) is 51.1 Å². The monoisotopic (exact) mass is 462 g/mol. The molecule has 1 aliphatic heterocycles. The van der Waals surface area contributed by atoms with E-state index >= 15 is 0 Å². The van der Waals surface area contributed by atoms with Gasteiger partial charge in [-0.1, -0.05) is 54.5 Å². The number of fused-ring (bicyclic) bond motifs is 1. The van der Waals surface area contributed by atoms with Gasteiger partial charge in [-0.25, -0.2) is 0 Å². The van der Waals surface area contributed by atoms with Crippen LogP contribution in [0.1, 0.15) is 43.9 Å². The number of Topliss-reactive ketones (excluding diaryl/α,β-unsaturated/α-hetero) is 1. The fourth-order valence-corrected chi connectivity index (χ4v) is 5.35. The molecule has 2 heterocycles. The molecule has 1 atom stereocenters. The van der Waals surface area contributed by atoms with E-state index in [0.717, 1.165) is 16.2 Å². The molecule has 9 nitrogen and oxygen atoms in total. The lowest BCUT2D eigenvalue weighted by Crippen LogP contribution is -2.36. The number of aromatic nitrogens is 4. The fraction of sp³-hybridized carbons (Fsp3) is 0.304. The molecule has 0 spiro atoms. The van der Waals surface area contributed by atoms with E-state index in [1.165, 1.54) is 22.5 Å². The molecule has 1 N–H and O–H groups in total. The minimum absolute atomic E-state index is 0.000611. The third kappa shape index (κ3) is 3.91. The van der Waals surface area contributed by atoms with Crippen LogP contribution in [0.25, 0.3) is 0 Å². The van der Waals surface area contributed by atoms with Gasteiger partial charge in [-0.3, -0.25) is 14.9 Å². The first-order valence-electron chi connectivity index (χ1n) is 10.6. The van der Waals surface area contributed by atoms with Crippen LogP contribution in [0, 0.1) is 22.5 Å². The number of benzene rings is 2. The van der Waals surface area contributed by atoms with Crippen LogP contribution in [0.5, 0.6) is 0 Å². The van der Waals surface area contributed by atoms with Crippen molar-refractivity contribution in [3.05, 3.63) is 75.0 Å². The zero-order chi connectivity index (χ0) is 23.3. The van der Waals surface area contributed by atoms with Crippen LogP contribution in [-0.2, 0) is 4.79 Å². The summed E-state index contributed by atoms with van der Waals surface area (Å²) in [5.74, 6) is 0.422. The second kappa shape index (κ2) is 7.80. The Labute approximate surface area is 194 Å². The van der Waals surface area contributed by atoms with E-state index in [1.54, 1.807) is 6.07 Å². The molecule has 0 saturated carbocycles. The highest BCUT2D eigenvalue weighted by Crippen LogP contribution is 2.46. The molecule has 0 radical (unpaired) electrons. The number of aryl methyl sites for hydroxylation is 1. The summed E-state index contributed by atoms with van der Waals surface area (Å²) in [6.45, 7) is 6.09. The number of nitro benzene ring substituents is 1. The Morgan fingerprint density at radius 2 is 1.94 bits per heavy atom. The largest absolute Gasteiger partial charge is 0.326 e. The number of carbonyl (C=O) groups excluding carboxylic acids is 1. The van der Waals surface area contributed by atoms with Gasteiger partial charge in [0.2, 0.25) is 5.95 Å². The lowest BCUT2D eigenvalue weighted by atomic mass is 9.73. The molecule has 168 valence electrons. The third-order valence-corrected chi connectivity index (χ3v) is 7.01. The number of nitro groups is 1. The van der Waals surface area contributed by atoms with Gasteiger partial charge in [0, 0.05) is 28.7 Å². The van der Waals surface area contributed by atoms with Crippen molar-refractivity contribution in [2.75, 3.05) is 5.32 Å². The highest BCUT2D eigenvalue weighted by Gasteiger charge is 2.42. The van der Waals surface area contributed by atoms with Gasteiger partial charge >= 0.3 is 0 Å². The van der Waals surface area contributed by atoms with Crippen LogP contribution in [0.3, 0.4) is 0 Å². The zero-order valence-electron chi connectivity index (χ0n) is 18.4. The first-order valence-corrected chi connectivity index (χ1v) is 11.4. The Hall–Kier alpha value is -3.53. The van der Waals surface area contributed by atoms with Crippen molar-refractivity contribution in [3.8, 4) is 0 Å². The van der Waals surface area contributed by atoms with Gasteiger partial charge < -0.3 is 5.32 Å². The number of hydrogen-bond donors (Lipinski definition) is 1.